The van der Waals surface area contributed by atoms with Gasteiger partial charge in [0.15, 0.2) is 5.65 Å². The molecule has 2 rings (SSSR count). The topological polar surface area (TPSA) is 68.0 Å². The maximum absolute atomic E-state index is 4.07. The Kier molecular flexibility index (Phi) is 3.55. The first-order valence-corrected chi connectivity index (χ1v) is 6.39. The second kappa shape index (κ2) is 5.11. The minimum absolute atomic E-state index is 0.647. The molecule has 6 nitrogen and oxygen atoms in total. The van der Waals surface area contributed by atoms with Gasteiger partial charge in [0.25, 0.3) is 0 Å². The molecule has 0 bridgehead atoms. The fraction of sp³-hybridized carbons (Fsp3) is 0.556. The van der Waals surface area contributed by atoms with Gasteiger partial charge in [-0.05, 0) is 23.1 Å². The number of nitrogens with one attached hydrogen (secondary N) is 1. The van der Waals surface area contributed by atoms with E-state index < -0.39 is 0 Å². The molecule has 7 heteroatoms. The molecule has 1 unspecified atom stereocenters. The van der Waals surface area contributed by atoms with Gasteiger partial charge in [-0.15, -0.1) is 5.10 Å². The number of hydrogen-bond acceptors (Lipinski definition) is 6. The highest BCUT2D eigenvalue weighted by molar-refractivity contribution is 7.99. The monoisotopic (exact) mass is 238 g/mol. The summed E-state index contributed by atoms with van der Waals surface area (Å²) in [5, 5.41) is 15.2. The summed E-state index contributed by atoms with van der Waals surface area (Å²) in [5.41, 5.74) is 0.655. The molecule has 0 fully saturated rings. The molecule has 2 aromatic heterocycles. The number of rotatable bonds is 5. The van der Waals surface area contributed by atoms with E-state index in [1.807, 2.05) is 11.8 Å². The zero-order valence-corrected chi connectivity index (χ0v) is 10.1. The number of anilines is 1. The standard InChI is InChI=1S/C9H14N6S/c1-7(16-2)3-4-11-8-5-10-6-9-12-13-14-15(8)9/h5-7,11H,3-4H2,1-2H3. The second-order valence-corrected chi connectivity index (χ2v) is 4.78. The van der Waals surface area contributed by atoms with E-state index in [1.165, 1.54) is 0 Å². The highest BCUT2D eigenvalue weighted by Gasteiger charge is 2.04. The average Bonchev–Trinajstić information content (AvgIpc) is 2.77. The fourth-order valence-electron chi connectivity index (χ4n) is 1.32. The first-order valence-electron chi connectivity index (χ1n) is 5.10. The van der Waals surface area contributed by atoms with Gasteiger partial charge in [0.1, 0.15) is 5.82 Å². The van der Waals surface area contributed by atoms with E-state index in [1.54, 1.807) is 16.9 Å². The molecular formula is C9H14N6S. The molecule has 0 aliphatic carbocycles. The predicted molar refractivity (Wildman–Crippen MR) is 64.7 cm³/mol. The molecule has 86 valence electrons. The normalized spacial score (nSPS) is 12.9. The third kappa shape index (κ3) is 2.41. The van der Waals surface area contributed by atoms with Crippen molar-refractivity contribution in [2.24, 2.45) is 0 Å². The molecule has 2 aromatic rings. The summed E-state index contributed by atoms with van der Waals surface area (Å²) in [6, 6.07) is 0. The van der Waals surface area contributed by atoms with Crippen LogP contribution in [0.3, 0.4) is 0 Å². The van der Waals surface area contributed by atoms with Crippen molar-refractivity contribution >= 4 is 23.2 Å². The van der Waals surface area contributed by atoms with E-state index in [4.69, 9.17) is 0 Å². The third-order valence-corrected chi connectivity index (χ3v) is 3.41. The molecule has 0 aliphatic heterocycles. The number of nitrogens with zero attached hydrogens (tertiary/aromatic N) is 5. The largest absolute Gasteiger partial charge is 0.369 e. The van der Waals surface area contributed by atoms with Gasteiger partial charge in [-0.3, -0.25) is 4.98 Å². The van der Waals surface area contributed by atoms with Crippen LogP contribution < -0.4 is 5.32 Å². The Hall–Kier alpha value is -1.37. The lowest BCUT2D eigenvalue weighted by Crippen LogP contribution is -2.11. The number of thioether (sulfide) groups is 1. The Morgan fingerprint density at radius 2 is 2.38 bits per heavy atom. The van der Waals surface area contributed by atoms with Crippen LogP contribution in [-0.2, 0) is 0 Å². The third-order valence-electron chi connectivity index (χ3n) is 2.37. The van der Waals surface area contributed by atoms with Gasteiger partial charge in [-0.1, -0.05) is 6.92 Å². The van der Waals surface area contributed by atoms with E-state index >= 15 is 0 Å². The Bertz CT molecular complexity index is 456. The van der Waals surface area contributed by atoms with Crippen molar-refractivity contribution in [3.05, 3.63) is 12.4 Å². The second-order valence-electron chi connectivity index (χ2n) is 3.50. The van der Waals surface area contributed by atoms with Crippen molar-refractivity contribution < 1.29 is 0 Å². The predicted octanol–water partition coefficient (Wildman–Crippen LogP) is 1.07. The lowest BCUT2D eigenvalue weighted by Gasteiger charge is -2.09. The van der Waals surface area contributed by atoms with E-state index in [0.29, 0.717) is 10.9 Å². The summed E-state index contributed by atoms with van der Waals surface area (Å²) >= 11 is 1.86. The Morgan fingerprint density at radius 3 is 3.19 bits per heavy atom. The molecule has 2 heterocycles. The number of aromatic nitrogens is 5. The summed E-state index contributed by atoms with van der Waals surface area (Å²) in [7, 11) is 0. The van der Waals surface area contributed by atoms with Gasteiger partial charge >= 0.3 is 0 Å². The zero-order valence-electron chi connectivity index (χ0n) is 9.29. The number of fused-ring (bicyclic) bond motifs is 1. The summed E-state index contributed by atoms with van der Waals surface area (Å²) in [6.45, 7) is 3.10. The maximum atomic E-state index is 4.07. The Balaban J connectivity index is 2.01. The molecule has 0 saturated heterocycles. The Labute approximate surface area is 97.8 Å². The first-order chi connectivity index (χ1) is 7.81. The van der Waals surface area contributed by atoms with Crippen LogP contribution in [-0.4, -0.2) is 43.1 Å². The summed E-state index contributed by atoms with van der Waals surface area (Å²) < 4.78 is 1.65. The van der Waals surface area contributed by atoms with Crippen LogP contribution in [0.25, 0.3) is 5.65 Å². The smallest absolute Gasteiger partial charge is 0.199 e. The van der Waals surface area contributed by atoms with E-state index in [0.717, 1.165) is 18.8 Å². The molecule has 16 heavy (non-hydrogen) atoms. The lowest BCUT2D eigenvalue weighted by molar-refractivity contribution is 0.803. The van der Waals surface area contributed by atoms with Crippen molar-refractivity contribution in [2.75, 3.05) is 18.1 Å². The van der Waals surface area contributed by atoms with E-state index in [2.05, 4.69) is 39.0 Å². The van der Waals surface area contributed by atoms with E-state index in [9.17, 15) is 0 Å². The van der Waals surface area contributed by atoms with Crippen LogP contribution >= 0.6 is 11.8 Å². The van der Waals surface area contributed by atoms with Gasteiger partial charge in [-0.2, -0.15) is 16.3 Å². The molecule has 0 radical (unpaired) electrons. The minimum Gasteiger partial charge on any atom is -0.369 e. The first kappa shape index (κ1) is 11.1. The van der Waals surface area contributed by atoms with Crippen LogP contribution in [0, 0.1) is 0 Å². The molecule has 1 N–H and O–H groups in total. The molecule has 0 amide bonds. The zero-order chi connectivity index (χ0) is 11.4. The van der Waals surface area contributed by atoms with Crippen LogP contribution in [0.1, 0.15) is 13.3 Å². The van der Waals surface area contributed by atoms with Crippen LogP contribution in [0.5, 0.6) is 0 Å². The lowest BCUT2D eigenvalue weighted by atomic mass is 10.3. The van der Waals surface area contributed by atoms with Gasteiger partial charge < -0.3 is 5.32 Å². The summed E-state index contributed by atoms with van der Waals surface area (Å²) in [6.07, 6.45) is 6.58. The van der Waals surface area contributed by atoms with E-state index in [-0.39, 0.29) is 0 Å². The molecule has 0 saturated carbocycles. The minimum atomic E-state index is 0.647. The fourth-order valence-corrected chi connectivity index (χ4v) is 1.67. The van der Waals surface area contributed by atoms with Gasteiger partial charge in [-0.25, -0.2) is 0 Å². The van der Waals surface area contributed by atoms with Gasteiger partial charge in [0, 0.05) is 11.8 Å². The molecular weight excluding hydrogens is 224 g/mol. The molecule has 1 atom stereocenters. The number of tetrazole rings is 1. The molecule has 0 spiro atoms. The highest BCUT2D eigenvalue weighted by atomic mass is 32.2. The number of hydrogen-bond donors (Lipinski definition) is 1. The summed E-state index contributed by atoms with van der Waals surface area (Å²) in [5.74, 6) is 0.829. The highest BCUT2D eigenvalue weighted by Crippen LogP contribution is 2.10. The average molecular weight is 238 g/mol. The van der Waals surface area contributed by atoms with Gasteiger partial charge in [0.05, 0.1) is 12.4 Å². The van der Waals surface area contributed by atoms with Crippen molar-refractivity contribution in [1.29, 1.82) is 0 Å². The molecule has 0 aliphatic rings. The maximum Gasteiger partial charge on any atom is 0.199 e. The molecule has 0 aromatic carbocycles. The quantitative estimate of drug-likeness (QED) is 0.840. The van der Waals surface area contributed by atoms with Crippen molar-refractivity contribution in [2.45, 2.75) is 18.6 Å². The summed E-state index contributed by atoms with van der Waals surface area (Å²) in [4.78, 5) is 4.07. The van der Waals surface area contributed by atoms with Crippen LogP contribution in [0.15, 0.2) is 12.4 Å². The van der Waals surface area contributed by atoms with Gasteiger partial charge in [0.2, 0.25) is 0 Å². The SMILES string of the molecule is CSC(C)CCNc1cncc2nnnn12. The van der Waals surface area contributed by atoms with Crippen LogP contribution in [0.2, 0.25) is 0 Å². The van der Waals surface area contributed by atoms with Crippen molar-refractivity contribution in [1.82, 2.24) is 25.0 Å². The van der Waals surface area contributed by atoms with Crippen molar-refractivity contribution in [3.8, 4) is 0 Å². The van der Waals surface area contributed by atoms with Crippen LogP contribution in [0.4, 0.5) is 5.82 Å². The Morgan fingerprint density at radius 1 is 1.50 bits per heavy atom. The van der Waals surface area contributed by atoms with Crippen molar-refractivity contribution in [3.63, 3.8) is 0 Å².